The van der Waals surface area contributed by atoms with Gasteiger partial charge >= 0.3 is 0 Å². The van der Waals surface area contributed by atoms with E-state index in [0.29, 0.717) is 22.1 Å². The standard InChI is InChI=1S/C17H18N6O2S/c1-3-13(19-14(24)11-7-5-4-6-8-11)15(25)20-17-23-22-16(26-17)12-9-18-21-10(12)2/h4-9,13H,3H2,1-2H3,(H,18,21)(H,19,24)(H,20,23,25)/t13-/m0/s1. The summed E-state index contributed by atoms with van der Waals surface area (Å²) in [4.78, 5) is 24.7. The molecule has 134 valence electrons. The van der Waals surface area contributed by atoms with Crippen molar-refractivity contribution in [1.29, 1.82) is 0 Å². The minimum absolute atomic E-state index is 0.292. The molecule has 0 saturated heterocycles. The molecule has 3 rings (SSSR count). The lowest BCUT2D eigenvalue weighted by molar-refractivity contribution is -0.118. The molecule has 9 heteroatoms. The predicted octanol–water partition coefficient (Wildman–Crippen LogP) is 2.38. The monoisotopic (exact) mass is 370 g/mol. The molecule has 0 aliphatic rings. The van der Waals surface area contributed by atoms with E-state index in [9.17, 15) is 9.59 Å². The number of hydrogen-bond acceptors (Lipinski definition) is 6. The van der Waals surface area contributed by atoms with Crippen LogP contribution in [0.4, 0.5) is 5.13 Å². The van der Waals surface area contributed by atoms with Gasteiger partial charge in [-0.05, 0) is 25.5 Å². The second-order valence-electron chi connectivity index (χ2n) is 5.61. The number of benzene rings is 1. The summed E-state index contributed by atoms with van der Waals surface area (Å²) in [7, 11) is 0. The lowest BCUT2D eigenvalue weighted by Gasteiger charge is -2.15. The zero-order chi connectivity index (χ0) is 18.5. The van der Waals surface area contributed by atoms with Crippen molar-refractivity contribution < 1.29 is 9.59 Å². The van der Waals surface area contributed by atoms with Crippen molar-refractivity contribution in [3.05, 3.63) is 47.8 Å². The highest BCUT2D eigenvalue weighted by Gasteiger charge is 2.21. The quantitative estimate of drug-likeness (QED) is 0.617. The number of hydrogen-bond donors (Lipinski definition) is 3. The van der Waals surface area contributed by atoms with Crippen molar-refractivity contribution in [1.82, 2.24) is 25.7 Å². The van der Waals surface area contributed by atoms with Crippen molar-refractivity contribution in [2.75, 3.05) is 5.32 Å². The largest absolute Gasteiger partial charge is 0.340 e. The van der Waals surface area contributed by atoms with Crippen molar-refractivity contribution in [2.45, 2.75) is 26.3 Å². The van der Waals surface area contributed by atoms with E-state index in [0.717, 1.165) is 11.3 Å². The molecule has 0 bridgehead atoms. The van der Waals surface area contributed by atoms with Crippen molar-refractivity contribution in [2.24, 2.45) is 0 Å². The van der Waals surface area contributed by atoms with Crippen LogP contribution >= 0.6 is 11.3 Å². The minimum atomic E-state index is -0.661. The first-order chi connectivity index (χ1) is 12.6. The van der Waals surface area contributed by atoms with Crippen molar-refractivity contribution in [3.63, 3.8) is 0 Å². The van der Waals surface area contributed by atoms with Gasteiger partial charge < -0.3 is 5.32 Å². The van der Waals surface area contributed by atoms with Crippen LogP contribution < -0.4 is 10.6 Å². The maximum Gasteiger partial charge on any atom is 0.251 e. The van der Waals surface area contributed by atoms with Crippen LogP contribution in [0.2, 0.25) is 0 Å². The third kappa shape index (κ3) is 3.94. The topological polar surface area (TPSA) is 113 Å². The predicted molar refractivity (Wildman–Crippen MR) is 98.8 cm³/mol. The van der Waals surface area contributed by atoms with Gasteiger partial charge in [-0.3, -0.25) is 20.0 Å². The lowest BCUT2D eigenvalue weighted by atomic mass is 10.1. The summed E-state index contributed by atoms with van der Waals surface area (Å²) >= 11 is 1.25. The smallest absolute Gasteiger partial charge is 0.251 e. The zero-order valence-electron chi connectivity index (χ0n) is 14.3. The van der Waals surface area contributed by atoms with E-state index in [-0.39, 0.29) is 11.8 Å². The van der Waals surface area contributed by atoms with E-state index in [2.05, 4.69) is 31.0 Å². The van der Waals surface area contributed by atoms with Gasteiger partial charge in [-0.15, -0.1) is 10.2 Å². The molecule has 2 aromatic heterocycles. The summed E-state index contributed by atoms with van der Waals surface area (Å²) in [5.41, 5.74) is 2.22. The fourth-order valence-electron chi connectivity index (χ4n) is 2.33. The summed E-state index contributed by atoms with van der Waals surface area (Å²) < 4.78 is 0. The molecule has 0 aliphatic heterocycles. The van der Waals surface area contributed by atoms with Gasteiger partial charge in [0, 0.05) is 11.3 Å². The van der Waals surface area contributed by atoms with E-state index in [1.54, 1.807) is 30.5 Å². The lowest BCUT2D eigenvalue weighted by Crippen LogP contribution is -2.43. The van der Waals surface area contributed by atoms with E-state index in [1.807, 2.05) is 19.9 Å². The second-order valence-corrected chi connectivity index (χ2v) is 6.59. The molecule has 1 aromatic carbocycles. The number of aromatic nitrogens is 4. The number of anilines is 1. The van der Waals surface area contributed by atoms with E-state index < -0.39 is 6.04 Å². The third-order valence-corrected chi connectivity index (χ3v) is 4.65. The Morgan fingerprint density at radius 2 is 2.00 bits per heavy atom. The highest BCUT2D eigenvalue weighted by atomic mass is 32.1. The number of carbonyl (C=O) groups is 2. The highest BCUT2D eigenvalue weighted by Crippen LogP contribution is 2.27. The first-order valence-electron chi connectivity index (χ1n) is 8.09. The Hall–Kier alpha value is -3.07. The molecule has 0 aliphatic carbocycles. The first kappa shape index (κ1) is 17.7. The maximum absolute atomic E-state index is 12.5. The number of nitrogens with one attached hydrogen (secondary N) is 3. The van der Waals surface area contributed by atoms with E-state index in [1.165, 1.54) is 11.3 Å². The Kier molecular flexibility index (Phi) is 5.37. The van der Waals surface area contributed by atoms with Gasteiger partial charge in [-0.25, -0.2) is 0 Å². The number of carbonyl (C=O) groups excluding carboxylic acids is 2. The molecule has 0 fully saturated rings. The Bertz CT molecular complexity index is 905. The van der Waals surface area contributed by atoms with Crippen LogP contribution in [-0.4, -0.2) is 38.3 Å². The van der Waals surface area contributed by atoms with Gasteiger partial charge in [0.25, 0.3) is 5.91 Å². The Balaban J connectivity index is 1.65. The number of amides is 2. The summed E-state index contributed by atoms with van der Waals surface area (Å²) in [6, 6.07) is 8.11. The SMILES string of the molecule is CC[C@H](NC(=O)c1ccccc1)C(=O)Nc1nnc(-c2cn[nH]c2C)s1. The number of aromatic amines is 1. The van der Waals surface area contributed by atoms with Gasteiger partial charge in [0.15, 0.2) is 5.01 Å². The second kappa shape index (κ2) is 7.87. The molecule has 0 unspecified atom stereocenters. The van der Waals surface area contributed by atoms with Crippen LogP contribution in [0.25, 0.3) is 10.6 Å². The molecule has 0 saturated carbocycles. The molecule has 2 amide bonds. The van der Waals surface area contributed by atoms with Gasteiger partial charge in [0.2, 0.25) is 11.0 Å². The fraction of sp³-hybridized carbons (Fsp3) is 0.235. The van der Waals surface area contributed by atoms with Crippen LogP contribution in [0.1, 0.15) is 29.4 Å². The molecule has 3 N–H and O–H groups in total. The fourth-order valence-corrected chi connectivity index (χ4v) is 3.14. The first-order valence-corrected chi connectivity index (χ1v) is 8.90. The molecule has 8 nitrogen and oxygen atoms in total. The third-order valence-electron chi connectivity index (χ3n) is 3.78. The Labute approximate surface area is 154 Å². The molecule has 26 heavy (non-hydrogen) atoms. The van der Waals surface area contributed by atoms with Gasteiger partial charge in [0.1, 0.15) is 6.04 Å². The van der Waals surface area contributed by atoms with E-state index in [4.69, 9.17) is 0 Å². The van der Waals surface area contributed by atoms with Gasteiger partial charge in [-0.1, -0.05) is 36.5 Å². The molecule has 0 radical (unpaired) electrons. The molecule has 3 aromatic rings. The molecular weight excluding hydrogens is 352 g/mol. The molecule has 2 heterocycles. The minimum Gasteiger partial charge on any atom is -0.340 e. The zero-order valence-corrected chi connectivity index (χ0v) is 15.1. The number of aryl methyl sites for hydroxylation is 1. The number of rotatable bonds is 6. The van der Waals surface area contributed by atoms with Crippen LogP contribution in [-0.2, 0) is 4.79 Å². The van der Waals surface area contributed by atoms with Crippen LogP contribution in [0, 0.1) is 6.92 Å². The average molecular weight is 370 g/mol. The highest BCUT2D eigenvalue weighted by molar-refractivity contribution is 7.18. The number of H-pyrrole nitrogens is 1. The van der Waals surface area contributed by atoms with Crippen molar-refractivity contribution >= 4 is 28.3 Å². The summed E-state index contributed by atoms with van der Waals surface area (Å²) in [5.74, 6) is -0.622. The summed E-state index contributed by atoms with van der Waals surface area (Å²) in [6.45, 7) is 3.71. The summed E-state index contributed by atoms with van der Waals surface area (Å²) in [5, 5.41) is 21.3. The van der Waals surface area contributed by atoms with E-state index >= 15 is 0 Å². The number of nitrogens with zero attached hydrogens (tertiary/aromatic N) is 3. The maximum atomic E-state index is 12.5. The molecular formula is C17H18N6O2S. The molecule has 1 atom stereocenters. The Morgan fingerprint density at radius 1 is 1.23 bits per heavy atom. The van der Waals surface area contributed by atoms with Gasteiger partial charge in [-0.2, -0.15) is 5.10 Å². The van der Waals surface area contributed by atoms with Crippen molar-refractivity contribution in [3.8, 4) is 10.6 Å². The average Bonchev–Trinajstić information content (AvgIpc) is 3.28. The normalized spacial score (nSPS) is 11.8. The Morgan fingerprint density at radius 3 is 2.65 bits per heavy atom. The van der Waals surface area contributed by atoms with Crippen LogP contribution in [0.5, 0.6) is 0 Å². The summed E-state index contributed by atoms with van der Waals surface area (Å²) in [6.07, 6.45) is 2.12. The van der Waals surface area contributed by atoms with Crippen LogP contribution in [0.15, 0.2) is 36.5 Å². The van der Waals surface area contributed by atoms with Gasteiger partial charge in [0.05, 0.1) is 11.8 Å². The van der Waals surface area contributed by atoms with Crippen LogP contribution in [0.3, 0.4) is 0 Å². The molecule has 0 spiro atoms.